The van der Waals surface area contributed by atoms with Gasteiger partial charge in [0, 0.05) is 5.56 Å². The number of hydrogen-bond acceptors (Lipinski definition) is 2. The number of anilines is 1. The quantitative estimate of drug-likeness (QED) is 0.854. The van der Waals surface area contributed by atoms with Crippen LogP contribution in [0.15, 0.2) is 30.3 Å². The molecule has 0 bridgehead atoms. The highest BCUT2D eigenvalue weighted by Gasteiger charge is 2.20. The smallest absolute Gasteiger partial charge is 0.143 e. The molecule has 1 saturated carbocycles. The molecule has 2 N–H and O–H groups in total. The van der Waals surface area contributed by atoms with E-state index >= 15 is 0 Å². The monoisotopic (exact) mass is 292 g/mol. The maximum absolute atomic E-state index is 6.21. The molecular weight excluding hydrogens is 279 g/mol. The van der Waals surface area contributed by atoms with Crippen molar-refractivity contribution in [2.75, 3.05) is 5.73 Å². The van der Waals surface area contributed by atoms with Gasteiger partial charge in [-0.2, -0.15) is 0 Å². The van der Waals surface area contributed by atoms with Crippen LogP contribution in [0.4, 0.5) is 5.82 Å². The molecule has 2 aromatic rings. The summed E-state index contributed by atoms with van der Waals surface area (Å²) in [6.45, 7) is 0. The lowest BCUT2D eigenvalue weighted by Gasteiger charge is -2.26. The molecule has 1 aromatic heterocycles. The van der Waals surface area contributed by atoms with Crippen molar-refractivity contribution in [2.24, 2.45) is 0 Å². The van der Waals surface area contributed by atoms with Crippen molar-refractivity contribution < 1.29 is 0 Å². The lowest BCUT2D eigenvalue weighted by atomic mass is 9.79. The molecular formula is C15H14Cl2N2. The van der Waals surface area contributed by atoms with Crippen LogP contribution in [0.25, 0.3) is 11.3 Å². The first-order valence-electron chi connectivity index (χ1n) is 6.37. The number of halogens is 2. The predicted molar refractivity (Wildman–Crippen MR) is 80.7 cm³/mol. The molecule has 1 aliphatic carbocycles. The summed E-state index contributed by atoms with van der Waals surface area (Å²) in [5.41, 5.74) is 8.81. The van der Waals surface area contributed by atoms with E-state index in [2.05, 4.69) is 17.1 Å². The van der Waals surface area contributed by atoms with Gasteiger partial charge < -0.3 is 5.73 Å². The van der Waals surface area contributed by atoms with Gasteiger partial charge in [0.25, 0.3) is 0 Å². The topological polar surface area (TPSA) is 38.9 Å². The Labute approximate surface area is 122 Å². The highest BCUT2D eigenvalue weighted by molar-refractivity contribution is 6.37. The number of pyridine rings is 1. The molecule has 0 saturated heterocycles. The second-order valence-corrected chi connectivity index (χ2v) is 5.75. The standard InChI is InChI=1S/C15H14Cl2N2/c16-12-8-13(17)15(18)19-14(12)11-6-2-5-10(7-11)9-3-1-4-9/h2,5-9H,1,3-4H2,(H2,18,19). The van der Waals surface area contributed by atoms with Crippen LogP contribution in [0.3, 0.4) is 0 Å². The number of nitrogen functional groups attached to an aromatic ring is 1. The summed E-state index contributed by atoms with van der Waals surface area (Å²) in [4.78, 5) is 4.30. The van der Waals surface area contributed by atoms with Gasteiger partial charge in [-0.1, -0.05) is 47.8 Å². The lowest BCUT2D eigenvalue weighted by molar-refractivity contribution is 0.420. The van der Waals surface area contributed by atoms with Crippen LogP contribution < -0.4 is 5.73 Å². The molecule has 3 rings (SSSR count). The van der Waals surface area contributed by atoms with Gasteiger partial charge in [0.2, 0.25) is 0 Å². The van der Waals surface area contributed by atoms with Gasteiger partial charge >= 0.3 is 0 Å². The van der Waals surface area contributed by atoms with Crippen molar-refractivity contribution in [3.05, 3.63) is 45.9 Å². The Morgan fingerprint density at radius 1 is 1.11 bits per heavy atom. The molecule has 0 radical (unpaired) electrons. The molecule has 2 nitrogen and oxygen atoms in total. The van der Waals surface area contributed by atoms with E-state index in [0.717, 1.165) is 5.56 Å². The zero-order valence-corrected chi connectivity index (χ0v) is 11.9. The van der Waals surface area contributed by atoms with Gasteiger partial charge in [0.05, 0.1) is 15.7 Å². The number of hydrogen-bond donors (Lipinski definition) is 1. The van der Waals surface area contributed by atoms with Gasteiger partial charge in [0.15, 0.2) is 0 Å². The SMILES string of the molecule is Nc1nc(-c2cccc(C3CCC3)c2)c(Cl)cc1Cl. The largest absolute Gasteiger partial charge is 0.382 e. The molecule has 0 unspecified atom stereocenters. The van der Waals surface area contributed by atoms with Crippen LogP contribution in [0.1, 0.15) is 30.7 Å². The van der Waals surface area contributed by atoms with E-state index in [0.29, 0.717) is 27.5 Å². The Bertz CT molecular complexity index is 622. The second-order valence-electron chi connectivity index (χ2n) is 4.94. The first kappa shape index (κ1) is 12.8. The third-order valence-corrected chi connectivity index (χ3v) is 4.28. The normalized spacial score (nSPS) is 15.3. The Kier molecular flexibility index (Phi) is 3.38. The van der Waals surface area contributed by atoms with Gasteiger partial charge in [-0.15, -0.1) is 0 Å². The molecule has 98 valence electrons. The first-order chi connectivity index (χ1) is 9.15. The zero-order valence-electron chi connectivity index (χ0n) is 10.4. The Morgan fingerprint density at radius 3 is 2.58 bits per heavy atom. The number of nitrogens with zero attached hydrogens (tertiary/aromatic N) is 1. The Hall–Kier alpha value is -1.25. The predicted octanol–water partition coefficient (Wildman–Crippen LogP) is 4.91. The molecule has 1 aliphatic rings. The van der Waals surface area contributed by atoms with Crippen LogP contribution in [0, 0.1) is 0 Å². The highest BCUT2D eigenvalue weighted by atomic mass is 35.5. The van der Waals surface area contributed by atoms with E-state index < -0.39 is 0 Å². The third-order valence-electron chi connectivity index (χ3n) is 3.69. The summed E-state index contributed by atoms with van der Waals surface area (Å²) < 4.78 is 0. The molecule has 0 atom stereocenters. The summed E-state index contributed by atoms with van der Waals surface area (Å²) in [6, 6.07) is 10.0. The molecule has 1 aromatic carbocycles. The average Bonchev–Trinajstić information content (AvgIpc) is 2.32. The molecule has 4 heteroatoms. The number of nitrogens with two attached hydrogens (primary N) is 1. The molecule has 19 heavy (non-hydrogen) atoms. The fourth-order valence-corrected chi connectivity index (χ4v) is 2.83. The Morgan fingerprint density at radius 2 is 1.89 bits per heavy atom. The molecule has 1 heterocycles. The van der Waals surface area contributed by atoms with E-state index in [1.807, 2.05) is 12.1 Å². The van der Waals surface area contributed by atoms with Crippen LogP contribution in [0.2, 0.25) is 10.0 Å². The van der Waals surface area contributed by atoms with Crippen molar-refractivity contribution in [1.29, 1.82) is 0 Å². The van der Waals surface area contributed by atoms with Gasteiger partial charge in [-0.3, -0.25) is 0 Å². The molecule has 1 fully saturated rings. The van der Waals surface area contributed by atoms with Crippen LogP contribution in [-0.2, 0) is 0 Å². The number of rotatable bonds is 2. The van der Waals surface area contributed by atoms with E-state index in [-0.39, 0.29) is 0 Å². The minimum absolute atomic E-state index is 0.315. The van der Waals surface area contributed by atoms with Gasteiger partial charge in [-0.05, 0) is 36.5 Å². The zero-order chi connectivity index (χ0) is 13.4. The third kappa shape index (κ3) is 2.43. The maximum Gasteiger partial charge on any atom is 0.143 e. The van der Waals surface area contributed by atoms with E-state index in [4.69, 9.17) is 28.9 Å². The van der Waals surface area contributed by atoms with Gasteiger partial charge in [0.1, 0.15) is 5.82 Å². The van der Waals surface area contributed by atoms with Crippen LogP contribution in [0.5, 0.6) is 0 Å². The van der Waals surface area contributed by atoms with Crippen LogP contribution >= 0.6 is 23.2 Å². The minimum atomic E-state index is 0.315. The summed E-state index contributed by atoms with van der Waals surface area (Å²) in [6.07, 6.45) is 3.86. The number of benzene rings is 1. The van der Waals surface area contributed by atoms with Crippen LogP contribution in [-0.4, -0.2) is 4.98 Å². The summed E-state index contributed by atoms with van der Waals surface area (Å²) in [5, 5.41) is 0.925. The first-order valence-corrected chi connectivity index (χ1v) is 7.12. The highest BCUT2D eigenvalue weighted by Crippen LogP contribution is 2.38. The fourth-order valence-electron chi connectivity index (χ4n) is 2.36. The summed E-state index contributed by atoms with van der Waals surface area (Å²) in [5.74, 6) is 0.999. The van der Waals surface area contributed by atoms with E-state index in [1.54, 1.807) is 6.07 Å². The van der Waals surface area contributed by atoms with Crippen molar-refractivity contribution in [2.45, 2.75) is 25.2 Å². The Balaban J connectivity index is 2.04. The van der Waals surface area contributed by atoms with Crippen molar-refractivity contribution in [3.63, 3.8) is 0 Å². The van der Waals surface area contributed by atoms with E-state index in [9.17, 15) is 0 Å². The minimum Gasteiger partial charge on any atom is -0.382 e. The van der Waals surface area contributed by atoms with E-state index in [1.165, 1.54) is 24.8 Å². The average molecular weight is 293 g/mol. The summed E-state index contributed by atoms with van der Waals surface area (Å²) in [7, 11) is 0. The van der Waals surface area contributed by atoms with Gasteiger partial charge in [-0.25, -0.2) is 4.98 Å². The molecule has 0 amide bonds. The maximum atomic E-state index is 6.21. The summed E-state index contributed by atoms with van der Waals surface area (Å²) >= 11 is 12.1. The van der Waals surface area contributed by atoms with Crippen molar-refractivity contribution >= 4 is 29.0 Å². The molecule has 0 aliphatic heterocycles. The second kappa shape index (κ2) is 5.03. The number of aromatic nitrogens is 1. The van der Waals surface area contributed by atoms with Crippen molar-refractivity contribution in [1.82, 2.24) is 4.98 Å². The fraction of sp³-hybridized carbons (Fsp3) is 0.267. The lowest BCUT2D eigenvalue weighted by Crippen LogP contribution is -2.08. The molecule has 0 spiro atoms. The van der Waals surface area contributed by atoms with Crippen molar-refractivity contribution in [3.8, 4) is 11.3 Å².